The minimum absolute atomic E-state index is 0.367. The molecule has 1 heterocycles. The summed E-state index contributed by atoms with van der Waals surface area (Å²) in [7, 11) is 1.17. The number of esters is 1. The molecule has 1 aliphatic heterocycles. The van der Waals surface area contributed by atoms with Crippen molar-refractivity contribution in [3.63, 3.8) is 0 Å². The fourth-order valence-corrected chi connectivity index (χ4v) is 1.46. The number of methoxy groups -OCH3 is 1. The van der Waals surface area contributed by atoms with Gasteiger partial charge in [0.1, 0.15) is 0 Å². The number of thioether (sulfide) groups is 1. The van der Waals surface area contributed by atoms with Crippen LogP contribution < -0.4 is 5.73 Å². The van der Waals surface area contributed by atoms with Gasteiger partial charge in [0.25, 0.3) is 0 Å². The van der Waals surface area contributed by atoms with Gasteiger partial charge in [-0.2, -0.15) is 0 Å². The molecule has 0 unspecified atom stereocenters. The highest BCUT2D eigenvalue weighted by Crippen LogP contribution is 2.34. The standard InChI is InChI=1S/C6H7NO4S/c1-11-3(8)2-6(7)4(9)12-5(6)10/h2,7H2,1H3. The maximum atomic E-state index is 10.8. The molecule has 0 aliphatic carbocycles. The largest absolute Gasteiger partial charge is 0.469 e. The van der Waals surface area contributed by atoms with Gasteiger partial charge in [0.2, 0.25) is 10.2 Å². The van der Waals surface area contributed by atoms with Gasteiger partial charge in [-0.25, -0.2) is 0 Å². The number of carbonyl (C=O) groups is 3. The van der Waals surface area contributed by atoms with E-state index in [-0.39, 0.29) is 6.42 Å². The lowest BCUT2D eigenvalue weighted by atomic mass is 9.99. The number of rotatable bonds is 2. The highest BCUT2D eigenvalue weighted by molar-refractivity contribution is 8.30. The quantitative estimate of drug-likeness (QED) is 0.445. The number of hydrogen-bond acceptors (Lipinski definition) is 6. The summed E-state index contributed by atoms with van der Waals surface area (Å²) in [5, 5.41) is -0.948. The van der Waals surface area contributed by atoms with Crippen LogP contribution >= 0.6 is 11.8 Å². The smallest absolute Gasteiger partial charge is 0.308 e. The van der Waals surface area contributed by atoms with E-state index in [4.69, 9.17) is 5.73 Å². The molecule has 0 aromatic heterocycles. The maximum Gasteiger partial charge on any atom is 0.308 e. The Morgan fingerprint density at radius 2 is 2.08 bits per heavy atom. The Morgan fingerprint density at radius 3 is 2.42 bits per heavy atom. The second-order valence-corrected chi connectivity index (χ2v) is 3.35. The molecular formula is C6H7NO4S. The lowest BCUT2D eigenvalue weighted by molar-refractivity contribution is -0.146. The van der Waals surface area contributed by atoms with Gasteiger partial charge in [-0.05, 0) is 11.8 Å². The summed E-state index contributed by atoms with van der Waals surface area (Å²) >= 11 is 0.532. The van der Waals surface area contributed by atoms with Crippen molar-refractivity contribution < 1.29 is 19.1 Å². The van der Waals surface area contributed by atoms with E-state index in [1.165, 1.54) is 7.11 Å². The summed E-state index contributed by atoms with van der Waals surface area (Å²) in [5.41, 5.74) is 3.72. The summed E-state index contributed by atoms with van der Waals surface area (Å²) in [6.45, 7) is 0. The first-order valence-electron chi connectivity index (χ1n) is 3.13. The normalized spacial score (nSPS) is 20.2. The van der Waals surface area contributed by atoms with E-state index in [2.05, 4.69) is 4.74 Å². The molecular weight excluding hydrogens is 182 g/mol. The number of ether oxygens (including phenoxy) is 1. The van der Waals surface area contributed by atoms with Crippen LogP contribution in [0.4, 0.5) is 0 Å². The Balaban J connectivity index is 2.66. The van der Waals surface area contributed by atoms with Gasteiger partial charge in [0, 0.05) is 0 Å². The molecule has 0 atom stereocenters. The summed E-state index contributed by atoms with van der Waals surface area (Å²) in [5.74, 6) is -0.653. The average molecular weight is 189 g/mol. The number of hydrogen-bond donors (Lipinski definition) is 1. The predicted octanol–water partition coefficient (Wildman–Crippen LogP) is -0.953. The van der Waals surface area contributed by atoms with E-state index in [0.29, 0.717) is 11.8 Å². The van der Waals surface area contributed by atoms with Crippen LogP contribution in [0.2, 0.25) is 0 Å². The summed E-state index contributed by atoms with van der Waals surface area (Å²) in [6.07, 6.45) is -0.367. The maximum absolute atomic E-state index is 10.8. The molecule has 1 rings (SSSR count). The van der Waals surface area contributed by atoms with Crippen molar-refractivity contribution in [2.24, 2.45) is 5.73 Å². The lowest BCUT2D eigenvalue weighted by Gasteiger charge is -2.31. The molecule has 5 nitrogen and oxygen atoms in total. The van der Waals surface area contributed by atoms with Crippen LogP contribution in [0, 0.1) is 0 Å². The third kappa shape index (κ3) is 1.23. The first-order chi connectivity index (χ1) is 5.50. The second kappa shape index (κ2) is 2.87. The van der Waals surface area contributed by atoms with Crippen LogP contribution in [0.25, 0.3) is 0 Å². The van der Waals surface area contributed by atoms with Crippen LogP contribution in [0.1, 0.15) is 6.42 Å². The minimum atomic E-state index is -1.63. The average Bonchev–Trinajstić information content (AvgIpc) is 2.04. The van der Waals surface area contributed by atoms with E-state index < -0.39 is 21.7 Å². The van der Waals surface area contributed by atoms with Crippen LogP contribution in [-0.2, 0) is 19.1 Å². The fraction of sp³-hybridized carbons (Fsp3) is 0.500. The van der Waals surface area contributed by atoms with Crippen LogP contribution in [0.5, 0.6) is 0 Å². The Bertz CT molecular complexity index is 248. The molecule has 1 fully saturated rings. The van der Waals surface area contributed by atoms with Gasteiger partial charge in [0.05, 0.1) is 13.5 Å². The van der Waals surface area contributed by atoms with E-state index in [0.717, 1.165) is 0 Å². The van der Waals surface area contributed by atoms with Crippen LogP contribution in [0.15, 0.2) is 0 Å². The molecule has 66 valence electrons. The van der Waals surface area contributed by atoms with Crippen molar-refractivity contribution in [2.45, 2.75) is 12.0 Å². The van der Waals surface area contributed by atoms with Gasteiger partial charge in [-0.1, -0.05) is 0 Å². The van der Waals surface area contributed by atoms with E-state index in [9.17, 15) is 14.4 Å². The number of carbonyl (C=O) groups excluding carboxylic acids is 3. The Morgan fingerprint density at radius 1 is 1.58 bits per heavy atom. The van der Waals surface area contributed by atoms with Gasteiger partial charge in [-0.15, -0.1) is 0 Å². The Labute approximate surface area is 72.6 Å². The molecule has 0 amide bonds. The monoisotopic (exact) mass is 189 g/mol. The van der Waals surface area contributed by atoms with Gasteiger partial charge < -0.3 is 10.5 Å². The molecule has 0 bridgehead atoms. The van der Waals surface area contributed by atoms with Gasteiger partial charge in [0.15, 0.2) is 5.54 Å². The lowest BCUT2D eigenvalue weighted by Crippen LogP contribution is -2.61. The first-order valence-corrected chi connectivity index (χ1v) is 3.95. The van der Waals surface area contributed by atoms with Crippen molar-refractivity contribution in [3.05, 3.63) is 0 Å². The molecule has 12 heavy (non-hydrogen) atoms. The molecule has 0 radical (unpaired) electrons. The molecule has 0 aromatic carbocycles. The zero-order valence-corrected chi connectivity index (χ0v) is 7.14. The van der Waals surface area contributed by atoms with Gasteiger partial charge in [-0.3, -0.25) is 14.4 Å². The predicted molar refractivity (Wildman–Crippen MR) is 41.2 cm³/mol. The zero-order chi connectivity index (χ0) is 9.35. The highest BCUT2D eigenvalue weighted by atomic mass is 32.2. The van der Waals surface area contributed by atoms with E-state index >= 15 is 0 Å². The van der Waals surface area contributed by atoms with Crippen molar-refractivity contribution >= 4 is 28.0 Å². The fourth-order valence-electron chi connectivity index (χ4n) is 0.747. The SMILES string of the molecule is COC(=O)CC1(N)C(=O)SC1=O. The molecule has 1 aliphatic rings. The Kier molecular flexibility index (Phi) is 2.20. The minimum Gasteiger partial charge on any atom is -0.469 e. The first kappa shape index (κ1) is 9.21. The van der Waals surface area contributed by atoms with E-state index in [1.54, 1.807) is 0 Å². The highest BCUT2D eigenvalue weighted by Gasteiger charge is 2.54. The van der Waals surface area contributed by atoms with Crippen molar-refractivity contribution in [2.75, 3.05) is 7.11 Å². The molecule has 6 heteroatoms. The van der Waals surface area contributed by atoms with E-state index in [1.807, 2.05) is 0 Å². The third-order valence-electron chi connectivity index (χ3n) is 1.56. The summed E-state index contributed by atoms with van der Waals surface area (Å²) in [6, 6.07) is 0. The topological polar surface area (TPSA) is 86.5 Å². The van der Waals surface area contributed by atoms with Crippen molar-refractivity contribution in [3.8, 4) is 0 Å². The second-order valence-electron chi connectivity index (χ2n) is 2.40. The molecule has 0 spiro atoms. The van der Waals surface area contributed by atoms with Crippen molar-refractivity contribution in [1.29, 1.82) is 0 Å². The zero-order valence-electron chi connectivity index (χ0n) is 6.33. The van der Waals surface area contributed by atoms with Crippen LogP contribution in [-0.4, -0.2) is 28.8 Å². The summed E-state index contributed by atoms with van der Waals surface area (Å²) < 4.78 is 4.29. The summed E-state index contributed by atoms with van der Waals surface area (Å²) in [4.78, 5) is 32.3. The van der Waals surface area contributed by atoms with Gasteiger partial charge >= 0.3 is 5.97 Å². The van der Waals surface area contributed by atoms with Crippen molar-refractivity contribution in [1.82, 2.24) is 0 Å². The Hall–Kier alpha value is -0.880. The molecule has 0 aromatic rings. The molecule has 2 N–H and O–H groups in total. The number of nitrogens with two attached hydrogens (primary N) is 1. The molecule has 1 saturated heterocycles. The molecule has 0 saturated carbocycles. The van der Waals surface area contributed by atoms with Crippen LogP contribution in [0.3, 0.4) is 0 Å². The third-order valence-corrected chi connectivity index (χ3v) is 2.66.